The first-order valence-corrected chi connectivity index (χ1v) is 6.96. The number of aliphatic carboxylic acids is 1. The van der Waals surface area contributed by atoms with Crippen molar-refractivity contribution in [3.05, 3.63) is 0 Å². The molecular weight excluding hydrogens is 248 g/mol. The first-order valence-electron chi connectivity index (χ1n) is 6.96. The summed E-state index contributed by atoms with van der Waals surface area (Å²) in [7, 11) is 0. The van der Waals surface area contributed by atoms with Crippen molar-refractivity contribution < 1.29 is 19.4 Å². The quantitative estimate of drug-likeness (QED) is 0.653. The van der Waals surface area contributed by atoms with Crippen LogP contribution in [-0.2, 0) is 14.3 Å². The lowest BCUT2D eigenvalue weighted by molar-refractivity contribution is -0.141. The molecule has 6 nitrogen and oxygen atoms in total. The van der Waals surface area contributed by atoms with Crippen LogP contribution in [0.2, 0.25) is 0 Å². The zero-order valence-corrected chi connectivity index (χ0v) is 11.2. The minimum Gasteiger partial charge on any atom is -0.481 e. The van der Waals surface area contributed by atoms with Crippen LogP contribution in [0.3, 0.4) is 0 Å². The topological polar surface area (TPSA) is 87.7 Å². The molecule has 19 heavy (non-hydrogen) atoms. The highest BCUT2D eigenvalue weighted by Crippen LogP contribution is 2.26. The molecule has 1 saturated heterocycles. The minimum absolute atomic E-state index is 0.00326. The molecule has 2 rings (SSSR count). The first kappa shape index (κ1) is 14.3. The highest BCUT2D eigenvalue weighted by Gasteiger charge is 2.36. The third-order valence-corrected chi connectivity index (χ3v) is 4.01. The fourth-order valence-corrected chi connectivity index (χ4v) is 2.92. The fraction of sp³-hybridized carbons (Fsp3) is 0.846. The van der Waals surface area contributed by atoms with Crippen molar-refractivity contribution in [1.29, 1.82) is 0 Å². The van der Waals surface area contributed by atoms with Crippen LogP contribution in [0.25, 0.3) is 0 Å². The molecule has 4 atom stereocenters. The molecule has 2 unspecified atom stereocenters. The second kappa shape index (κ2) is 6.34. The summed E-state index contributed by atoms with van der Waals surface area (Å²) < 4.78 is 5.35. The van der Waals surface area contributed by atoms with Gasteiger partial charge in [-0.15, -0.1) is 0 Å². The van der Waals surface area contributed by atoms with E-state index in [1.807, 2.05) is 6.92 Å². The van der Waals surface area contributed by atoms with Gasteiger partial charge in [0.15, 0.2) is 0 Å². The third kappa shape index (κ3) is 3.45. The molecule has 0 radical (unpaired) electrons. The Hall–Kier alpha value is -1.14. The van der Waals surface area contributed by atoms with Crippen LogP contribution < -0.4 is 10.6 Å². The number of carboxylic acids is 1. The molecule has 2 aliphatic rings. The van der Waals surface area contributed by atoms with Crippen LogP contribution in [0.15, 0.2) is 0 Å². The summed E-state index contributed by atoms with van der Waals surface area (Å²) in [6, 6.07) is 0.0677. The smallest absolute Gasteiger partial charge is 0.306 e. The molecule has 1 heterocycles. The van der Waals surface area contributed by atoms with E-state index < -0.39 is 5.97 Å². The van der Waals surface area contributed by atoms with Crippen LogP contribution >= 0.6 is 0 Å². The van der Waals surface area contributed by atoms with E-state index >= 15 is 0 Å². The predicted octanol–water partition coefficient (Wildman–Crippen LogP) is -0.0196. The Balaban J connectivity index is 1.82. The number of ether oxygens (including phenoxy) is 1. The average molecular weight is 270 g/mol. The maximum Gasteiger partial charge on any atom is 0.306 e. The first-order chi connectivity index (χ1) is 9.11. The Kier molecular flexibility index (Phi) is 4.76. The SMILES string of the molecule is CCNC1COCC1C(=O)N[C@H]1CC[C@@H](C(=O)O)C1. The lowest BCUT2D eigenvalue weighted by Crippen LogP contribution is -2.46. The molecule has 1 aliphatic heterocycles. The van der Waals surface area contributed by atoms with Crippen molar-refractivity contribution in [3.63, 3.8) is 0 Å². The maximum absolute atomic E-state index is 12.2. The highest BCUT2D eigenvalue weighted by molar-refractivity contribution is 5.80. The summed E-state index contributed by atoms with van der Waals surface area (Å²) in [6.45, 7) is 3.82. The van der Waals surface area contributed by atoms with Gasteiger partial charge in [0.05, 0.1) is 25.0 Å². The summed E-state index contributed by atoms with van der Waals surface area (Å²) in [6.07, 6.45) is 1.95. The van der Waals surface area contributed by atoms with Crippen molar-refractivity contribution in [2.45, 2.75) is 38.3 Å². The maximum atomic E-state index is 12.2. The summed E-state index contributed by atoms with van der Waals surface area (Å²) >= 11 is 0. The zero-order chi connectivity index (χ0) is 13.8. The van der Waals surface area contributed by atoms with Crippen LogP contribution in [0.1, 0.15) is 26.2 Å². The van der Waals surface area contributed by atoms with Gasteiger partial charge in [-0.05, 0) is 25.8 Å². The monoisotopic (exact) mass is 270 g/mol. The van der Waals surface area contributed by atoms with Gasteiger partial charge in [0.25, 0.3) is 0 Å². The van der Waals surface area contributed by atoms with E-state index in [4.69, 9.17) is 9.84 Å². The Morgan fingerprint density at radius 3 is 2.74 bits per heavy atom. The number of likely N-dealkylation sites (N-methyl/N-ethyl adjacent to an activating group) is 1. The van der Waals surface area contributed by atoms with Gasteiger partial charge in [0, 0.05) is 12.1 Å². The number of carbonyl (C=O) groups is 2. The lowest BCUT2D eigenvalue weighted by Gasteiger charge is -2.20. The highest BCUT2D eigenvalue weighted by atomic mass is 16.5. The van der Waals surface area contributed by atoms with Gasteiger partial charge in [-0.1, -0.05) is 6.92 Å². The Morgan fingerprint density at radius 1 is 1.32 bits per heavy atom. The number of nitrogens with one attached hydrogen (secondary N) is 2. The molecule has 2 fully saturated rings. The van der Waals surface area contributed by atoms with Crippen LogP contribution in [0.4, 0.5) is 0 Å². The molecule has 3 N–H and O–H groups in total. The minimum atomic E-state index is -0.758. The van der Waals surface area contributed by atoms with Crippen LogP contribution in [-0.4, -0.2) is 48.8 Å². The van der Waals surface area contributed by atoms with Crippen molar-refractivity contribution in [3.8, 4) is 0 Å². The van der Waals surface area contributed by atoms with E-state index in [-0.39, 0.29) is 29.8 Å². The van der Waals surface area contributed by atoms with Crippen LogP contribution in [0.5, 0.6) is 0 Å². The number of amides is 1. The van der Waals surface area contributed by atoms with Gasteiger partial charge < -0.3 is 20.5 Å². The van der Waals surface area contributed by atoms with Crippen molar-refractivity contribution >= 4 is 11.9 Å². The summed E-state index contributed by atoms with van der Waals surface area (Å²) in [5.41, 5.74) is 0. The second-order valence-corrected chi connectivity index (χ2v) is 5.36. The normalized spacial score (nSPS) is 34.4. The van der Waals surface area contributed by atoms with Crippen molar-refractivity contribution in [2.75, 3.05) is 19.8 Å². The number of hydrogen-bond donors (Lipinski definition) is 3. The van der Waals surface area contributed by atoms with E-state index in [2.05, 4.69) is 10.6 Å². The van der Waals surface area contributed by atoms with Crippen molar-refractivity contribution in [1.82, 2.24) is 10.6 Å². The molecule has 0 aromatic heterocycles. The number of carboxylic acid groups (broad SMARTS) is 1. The standard InChI is InChI=1S/C13H22N2O4/c1-2-14-11-7-19-6-10(11)12(16)15-9-4-3-8(5-9)13(17)18/h8-11,14H,2-7H2,1H3,(H,15,16)(H,17,18)/t8-,9+,10?,11?/m1/s1. The Labute approximate surface area is 112 Å². The molecule has 108 valence electrons. The summed E-state index contributed by atoms with van der Waals surface area (Å²) in [4.78, 5) is 23.1. The molecule has 1 saturated carbocycles. The van der Waals surface area contributed by atoms with E-state index in [0.717, 1.165) is 13.0 Å². The van der Waals surface area contributed by atoms with Gasteiger partial charge in [0.2, 0.25) is 5.91 Å². The van der Waals surface area contributed by atoms with E-state index in [9.17, 15) is 9.59 Å². The van der Waals surface area contributed by atoms with Gasteiger partial charge in [-0.3, -0.25) is 9.59 Å². The van der Waals surface area contributed by atoms with Gasteiger partial charge in [0.1, 0.15) is 0 Å². The van der Waals surface area contributed by atoms with E-state index in [1.54, 1.807) is 0 Å². The van der Waals surface area contributed by atoms with Gasteiger partial charge >= 0.3 is 5.97 Å². The van der Waals surface area contributed by atoms with E-state index in [0.29, 0.717) is 26.1 Å². The lowest BCUT2D eigenvalue weighted by atomic mass is 10.0. The molecule has 1 aliphatic carbocycles. The molecule has 1 amide bonds. The Morgan fingerprint density at radius 2 is 2.11 bits per heavy atom. The fourth-order valence-electron chi connectivity index (χ4n) is 2.92. The number of carbonyl (C=O) groups excluding carboxylic acids is 1. The summed E-state index contributed by atoms with van der Waals surface area (Å²) in [5.74, 6) is -1.25. The largest absolute Gasteiger partial charge is 0.481 e. The molecule has 0 aromatic carbocycles. The molecular formula is C13H22N2O4. The summed E-state index contributed by atoms with van der Waals surface area (Å²) in [5, 5.41) is 15.2. The zero-order valence-electron chi connectivity index (χ0n) is 11.2. The number of hydrogen-bond acceptors (Lipinski definition) is 4. The van der Waals surface area contributed by atoms with Crippen molar-refractivity contribution in [2.24, 2.45) is 11.8 Å². The average Bonchev–Trinajstić information content (AvgIpc) is 2.98. The third-order valence-electron chi connectivity index (χ3n) is 4.01. The van der Waals surface area contributed by atoms with Crippen LogP contribution in [0, 0.1) is 11.8 Å². The molecule has 0 bridgehead atoms. The predicted molar refractivity (Wildman–Crippen MR) is 68.7 cm³/mol. The molecule has 0 aromatic rings. The number of rotatable bonds is 5. The molecule has 6 heteroatoms. The Bertz CT molecular complexity index is 348. The van der Waals surface area contributed by atoms with Gasteiger partial charge in [-0.25, -0.2) is 0 Å². The van der Waals surface area contributed by atoms with E-state index in [1.165, 1.54) is 0 Å². The second-order valence-electron chi connectivity index (χ2n) is 5.36. The molecule has 0 spiro atoms. The van der Waals surface area contributed by atoms with Gasteiger partial charge in [-0.2, -0.15) is 0 Å².